The summed E-state index contributed by atoms with van der Waals surface area (Å²) in [6.07, 6.45) is 2.33. The Morgan fingerprint density at radius 3 is 1.29 bits per heavy atom. The highest BCUT2D eigenvalue weighted by molar-refractivity contribution is 4.71. The lowest BCUT2D eigenvalue weighted by Crippen LogP contribution is -2.06. The maximum Gasteiger partial charge on any atom is 0.0110 e. The highest BCUT2D eigenvalue weighted by Crippen LogP contribution is 2.02. The molecule has 2 aliphatic rings. The molecule has 0 bridgehead atoms. The lowest BCUT2D eigenvalue weighted by atomic mass is 10.4. The molecule has 2 saturated heterocycles. The van der Waals surface area contributed by atoms with Crippen LogP contribution in [-0.4, -0.2) is 62.2 Å². The van der Waals surface area contributed by atoms with E-state index in [1.165, 1.54) is 52.1 Å². The molecule has 14 heavy (non-hydrogen) atoms. The predicted octanol–water partition coefficient (Wildman–Crippen LogP) is -0.698. The van der Waals surface area contributed by atoms with Crippen molar-refractivity contribution in [2.75, 3.05) is 52.4 Å². The van der Waals surface area contributed by atoms with Crippen molar-refractivity contribution in [2.24, 2.45) is 11.5 Å². The normalized spacial score (nSPS) is 20.1. The van der Waals surface area contributed by atoms with Gasteiger partial charge in [0, 0.05) is 26.2 Å². The van der Waals surface area contributed by atoms with Crippen molar-refractivity contribution in [3.05, 3.63) is 0 Å². The quantitative estimate of drug-likeness (QED) is 0.557. The molecule has 2 heterocycles. The zero-order chi connectivity index (χ0) is 10.2. The van der Waals surface area contributed by atoms with E-state index in [9.17, 15) is 0 Å². The van der Waals surface area contributed by atoms with Crippen molar-refractivity contribution >= 4 is 0 Å². The fraction of sp³-hybridized carbons (Fsp3) is 1.00. The van der Waals surface area contributed by atoms with Gasteiger partial charge in [0.1, 0.15) is 0 Å². The largest absolute Gasteiger partial charge is 0.330 e. The SMILES string of the molecule is NCCCN1CC1.NCCCN1CC1. The monoisotopic (exact) mass is 200 g/mol. The van der Waals surface area contributed by atoms with Crippen molar-refractivity contribution in [2.45, 2.75) is 12.8 Å². The van der Waals surface area contributed by atoms with Crippen LogP contribution in [0.2, 0.25) is 0 Å². The van der Waals surface area contributed by atoms with E-state index in [0.717, 1.165) is 13.1 Å². The van der Waals surface area contributed by atoms with Gasteiger partial charge < -0.3 is 21.3 Å². The molecule has 4 nitrogen and oxygen atoms in total. The smallest absolute Gasteiger partial charge is 0.0110 e. The Labute approximate surface area is 87.2 Å². The minimum absolute atomic E-state index is 0.844. The Morgan fingerprint density at radius 2 is 1.07 bits per heavy atom. The van der Waals surface area contributed by atoms with Gasteiger partial charge >= 0.3 is 0 Å². The van der Waals surface area contributed by atoms with E-state index in [0.29, 0.717) is 0 Å². The van der Waals surface area contributed by atoms with E-state index in [4.69, 9.17) is 11.5 Å². The highest BCUT2D eigenvalue weighted by atomic mass is 15.3. The van der Waals surface area contributed by atoms with Crippen LogP contribution in [-0.2, 0) is 0 Å². The molecule has 0 spiro atoms. The van der Waals surface area contributed by atoms with Gasteiger partial charge in [0.2, 0.25) is 0 Å². The Bertz CT molecular complexity index is 116. The molecule has 2 fully saturated rings. The molecular formula is C10H24N4. The van der Waals surface area contributed by atoms with E-state index < -0.39 is 0 Å². The molecule has 0 aromatic heterocycles. The third kappa shape index (κ3) is 7.26. The second-order valence-electron chi connectivity index (χ2n) is 3.97. The van der Waals surface area contributed by atoms with Gasteiger partial charge in [-0.25, -0.2) is 0 Å². The molecule has 0 unspecified atom stereocenters. The minimum Gasteiger partial charge on any atom is -0.330 e. The van der Waals surface area contributed by atoms with Gasteiger partial charge in [0.15, 0.2) is 0 Å². The molecule has 0 aliphatic carbocycles. The van der Waals surface area contributed by atoms with Crippen LogP contribution in [0.25, 0.3) is 0 Å². The molecular weight excluding hydrogens is 176 g/mol. The Kier molecular flexibility index (Phi) is 6.10. The fourth-order valence-corrected chi connectivity index (χ4v) is 1.22. The molecule has 4 N–H and O–H groups in total. The van der Waals surface area contributed by atoms with Crippen molar-refractivity contribution in [1.29, 1.82) is 0 Å². The van der Waals surface area contributed by atoms with Gasteiger partial charge in [-0.3, -0.25) is 0 Å². The summed E-state index contributed by atoms with van der Waals surface area (Å²) in [7, 11) is 0. The van der Waals surface area contributed by atoms with Crippen LogP contribution in [0, 0.1) is 0 Å². The average Bonchev–Trinajstić information content (AvgIpc) is 3.04. The van der Waals surface area contributed by atoms with Crippen LogP contribution in [0.1, 0.15) is 12.8 Å². The second kappa shape index (κ2) is 7.17. The van der Waals surface area contributed by atoms with E-state index in [2.05, 4.69) is 9.80 Å². The van der Waals surface area contributed by atoms with Crippen LogP contribution in [0.3, 0.4) is 0 Å². The summed E-state index contributed by atoms with van der Waals surface area (Å²) in [6, 6.07) is 0. The zero-order valence-electron chi connectivity index (χ0n) is 9.12. The van der Waals surface area contributed by atoms with Gasteiger partial charge in [-0.1, -0.05) is 0 Å². The first kappa shape index (κ1) is 11.9. The number of nitrogens with two attached hydrogens (primary N) is 2. The summed E-state index contributed by atoms with van der Waals surface area (Å²) < 4.78 is 0. The predicted molar refractivity (Wildman–Crippen MR) is 60.2 cm³/mol. The summed E-state index contributed by atoms with van der Waals surface area (Å²) in [5, 5.41) is 0. The maximum absolute atomic E-state index is 5.28. The molecule has 0 amide bonds. The molecule has 0 radical (unpaired) electrons. The lowest BCUT2D eigenvalue weighted by Gasteiger charge is -1.93. The summed E-state index contributed by atoms with van der Waals surface area (Å²) in [5.41, 5.74) is 10.6. The minimum atomic E-state index is 0.844. The van der Waals surface area contributed by atoms with Gasteiger partial charge in [-0.15, -0.1) is 0 Å². The molecule has 2 rings (SSSR count). The van der Waals surface area contributed by atoms with E-state index in [-0.39, 0.29) is 0 Å². The molecule has 0 atom stereocenters. The maximum atomic E-state index is 5.28. The zero-order valence-corrected chi connectivity index (χ0v) is 9.12. The van der Waals surface area contributed by atoms with Crippen LogP contribution >= 0.6 is 0 Å². The van der Waals surface area contributed by atoms with E-state index in [1.54, 1.807) is 0 Å². The topological polar surface area (TPSA) is 58.1 Å². The van der Waals surface area contributed by atoms with Crippen LogP contribution in [0.4, 0.5) is 0 Å². The first-order chi connectivity index (χ1) is 6.86. The van der Waals surface area contributed by atoms with Gasteiger partial charge in [0.05, 0.1) is 0 Å². The molecule has 2 aliphatic heterocycles. The number of rotatable bonds is 6. The third-order valence-corrected chi connectivity index (χ3v) is 2.44. The Hall–Kier alpha value is -0.160. The first-order valence-electron chi connectivity index (χ1n) is 5.71. The number of nitrogens with zero attached hydrogens (tertiary/aromatic N) is 2. The second-order valence-corrected chi connectivity index (χ2v) is 3.97. The Balaban J connectivity index is 0.000000140. The molecule has 0 aromatic carbocycles. The van der Waals surface area contributed by atoms with Crippen LogP contribution in [0.15, 0.2) is 0 Å². The standard InChI is InChI=1S/2C5H12N2/c2*6-2-1-3-7-4-5-7/h2*1-6H2. The number of hydrogen-bond donors (Lipinski definition) is 2. The summed E-state index contributed by atoms with van der Waals surface area (Å²) in [4.78, 5) is 4.76. The average molecular weight is 200 g/mol. The Morgan fingerprint density at radius 1 is 0.714 bits per heavy atom. The highest BCUT2D eigenvalue weighted by Gasteiger charge is 2.15. The molecule has 0 aromatic rings. The lowest BCUT2D eigenvalue weighted by molar-refractivity contribution is 0.539. The van der Waals surface area contributed by atoms with Crippen molar-refractivity contribution in [1.82, 2.24) is 9.80 Å². The third-order valence-electron chi connectivity index (χ3n) is 2.44. The molecule has 4 heteroatoms. The summed E-state index contributed by atoms with van der Waals surface area (Å²) in [6.45, 7) is 9.35. The van der Waals surface area contributed by atoms with Gasteiger partial charge in [-0.05, 0) is 39.0 Å². The van der Waals surface area contributed by atoms with Crippen LogP contribution in [0.5, 0.6) is 0 Å². The van der Waals surface area contributed by atoms with Crippen LogP contribution < -0.4 is 11.5 Å². The summed E-state index contributed by atoms with van der Waals surface area (Å²) in [5.74, 6) is 0. The number of hydrogen-bond acceptors (Lipinski definition) is 4. The fourth-order valence-electron chi connectivity index (χ4n) is 1.22. The summed E-state index contributed by atoms with van der Waals surface area (Å²) >= 11 is 0. The van der Waals surface area contributed by atoms with Gasteiger partial charge in [0.25, 0.3) is 0 Å². The van der Waals surface area contributed by atoms with Crippen molar-refractivity contribution < 1.29 is 0 Å². The van der Waals surface area contributed by atoms with Crippen molar-refractivity contribution in [3.8, 4) is 0 Å². The molecule has 0 saturated carbocycles. The van der Waals surface area contributed by atoms with Crippen molar-refractivity contribution in [3.63, 3.8) is 0 Å². The van der Waals surface area contributed by atoms with Gasteiger partial charge in [-0.2, -0.15) is 0 Å². The van der Waals surface area contributed by atoms with E-state index in [1.807, 2.05) is 0 Å². The first-order valence-corrected chi connectivity index (χ1v) is 5.71. The molecule has 84 valence electrons. The van der Waals surface area contributed by atoms with E-state index >= 15 is 0 Å².